The molecule has 620 valence electrons. The number of hydrogen-bond acceptors (Lipinski definition) is 99. The molecule has 100 heteroatoms. The minimum Gasteiger partial charge on any atom is -0.301 e. The molecule has 0 aliphatic carbocycles. The molecule has 0 spiro atoms. The zero-order valence-electron chi connectivity index (χ0n) is 43.3. The first-order valence-electron chi connectivity index (χ1n) is 18.0. The van der Waals surface area contributed by atoms with Crippen LogP contribution in [0.3, 0.4) is 0 Å². The first-order valence-corrected chi connectivity index (χ1v) is 149. The SMILES string of the molecule is CCCOS(=S)(=S)SSSSSSSSSSSSSSSSSSSSSSSSSSSSSSSSSSSSSSSSSSSSSSSSSSSSSSSSSSSSSSSSSSSSSSSSSSSSSSSSSSSSSSSSSSSSSSSS. The van der Waals surface area contributed by atoms with E-state index in [-0.39, 0.29) is 0 Å². The van der Waals surface area contributed by atoms with E-state index in [1.54, 1.807) is 138 Å². The van der Waals surface area contributed by atoms with Crippen molar-refractivity contribution >= 4 is 974 Å². The van der Waals surface area contributed by atoms with Crippen molar-refractivity contribution in [3.05, 3.63) is 0 Å². The second-order valence-electron chi connectivity index (χ2n) is 7.70. The van der Waals surface area contributed by atoms with E-state index < -0.39 is 6.46 Å². The summed E-state index contributed by atoms with van der Waals surface area (Å²) in [5, 5.41) is 0. The first-order chi connectivity index (χ1) is 51.1. The summed E-state index contributed by atoms with van der Waals surface area (Å²) in [5.41, 5.74) is 0. The lowest BCUT2D eigenvalue weighted by molar-refractivity contribution is 0.374. The van der Waals surface area contributed by atoms with Crippen LogP contribution in [0.5, 0.6) is 0 Å². The number of rotatable bonds is 98. The minimum absolute atomic E-state index is 0.647. The predicted molar refractivity (Wildman–Crippen MR) is 768 cm³/mol. The lowest BCUT2D eigenvalue weighted by Gasteiger charge is -2.07. The van der Waals surface area contributed by atoms with Gasteiger partial charge in [0.15, 0.2) is 0 Å². The Balaban J connectivity index is 3.11. The molecule has 0 radical (unpaired) electrons. The Morgan fingerprint density at radius 3 is 0.340 bits per heavy atom. The summed E-state index contributed by atoms with van der Waals surface area (Å²) in [6.07, 6.45) is 0.945. The molecule has 0 aliphatic rings. The zero-order valence-corrected chi connectivity index (χ0v) is 124. The molecule has 0 aromatic carbocycles. The van der Waals surface area contributed by atoms with Crippen molar-refractivity contribution in [3.8, 4) is 0 Å². The summed E-state index contributed by atoms with van der Waals surface area (Å²) in [6, 6.07) is 0. The van der Waals surface area contributed by atoms with E-state index in [2.05, 4.69) is 18.6 Å². The molecule has 0 saturated heterocycles. The molecule has 0 fully saturated rings. The van der Waals surface area contributed by atoms with E-state index in [1.165, 1.54) is 19.7 Å². The van der Waals surface area contributed by atoms with Crippen LogP contribution < -0.4 is 0 Å². The average Bonchev–Trinajstić information content (AvgIpc) is 1.16. The highest BCUT2D eigenvalue weighted by Gasteiger charge is 2.10. The molecule has 103 heavy (non-hydrogen) atoms. The fraction of sp³-hybridized carbons (Fsp3) is 1.00. The maximum absolute atomic E-state index is 5.57. The Hall–Kier alpha value is 34.4. The van der Waals surface area contributed by atoms with Gasteiger partial charge in [0.25, 0.3) is 0 Å². The van der Waals surface area contributed by atoms with Crippen LogP contribution in [0.2, 0.25) is 0 Å². The van der Waals surface area contributed by atoms with E-state index in [0.29, 0.717) is 6.61 Å². The zero-order chi connectivity index (χ0) is 73.8. The molecular weight excluding hydrogens is 3230 g/mol. The van der Waals surface area contributed by atoms with Crippen molar-refractivity contribution in [2.75, 3.05) is 6.61 Å². The van der Waals surface area contributed by atoms with Crippen LogP contribution in [0.25, 0.3) is 0 Å². The molecule has 0 atom stereocenters. The predicted octanol–water partition coefficient (Wildman–Crippen LogP) is 62.8. The van der Waals surface area contributed by atoms with Gasteiger partial charge in [-0.15, -0.1) is 0 Å². The van der Waals surface area contributed by atoms with Gasteiger partial charge in [0, 0.05) is 855 Å². The molecule has 0 heterocycles. The third kappa shape index (κ3) is 132. The number of thiol groups is 1. The molecule has 0 N–H and O–H groups in total. The van der Waals surface area contributed by atoms with Crippen LogP contribution in [0.4, 0.5) is 0 Å². The van der Waals surface area contributed by atoms with E-state index in [1.807, 2.05) is 776 Å². The maximum atomic E-state index is 5.57. The smallest absolute Gasteiger partial charge is 0.0820 e. The van der Waals surface area contributed by atoms with Crippen molar-refractivity contribution in [1.29, 1.82) is 0 Å². The van der Waals surface area contributed by atoms with E-state index in [4.69, 9.17) is 26.6 Å². The van der Waals surface area contributed by atoms with Gasteiger partial charge in [-0.05, 0) is 107 Å². The monoisotopic (exact) mass is 3230 g/mol. The molecule has 1 nitrogen and oxygen atoms in total. The van der Waals surface area contributed by atoms with Gasteiger partial charge in [0.1, 0.15) is 0 Å². The fourth-order valence-corrected chi connectivity index (χ4v) is 265. The third-order valence-corrected chi connectivity index (χ3v) is 219. The first kappa shape index (κ1) is 137. The van der Waals surface area contributed by atoms with Gasteiger partial charge < -0.3 is 4.18 Å². The van der Waals surface area contributed by atoms with Gasteiger partial charge in [-0.25, -0.2) is 0 Å². The van der Waals surface area contributed by atoms with Gasteiger partial charge in [0.2, 0.25) is 0 Å². The van der Waals surface area contributed by atoms with Crippen LogP contribution >= 0.6 is 945 Å². The molecule has 0 unspecified atom stereocenters. The van der Waals surface area contributed by atoms with E-state index >= 15 is 0 Å². The quantitative estimate of drug-likeness (QED) is 0.0352. The molecule has 0 amide bonds. The van der Waals surface area contributed by atoms with E-state index in [0.717, 1.165) is 6.42 Å². The largest absolute Gasteiger partial charge is 0.301 e. The molecule has 0 aromatic rings. The van der Waals surface area contributed by atoms with Crippen molar-refractivity contribution in [2.45, 2.75) is 13.3 Å². The van der Waals surface area contributed by atoms with Crippen LogP contribution in [-0.2, 0) is 33.0 Å². The summed E-state index contributed by atoms with van der Waals surface area (Å²) < 4.78 is 5.57. The lowest BCUT2D eigenvalue weighted by Crippen LogP contribution is -1.96. The van der Waals surface area contributed by atoms with Crippen LogP contribution in [-0.4, -0.2) is 6.61 Å². The second kappa shape index (κ2) is 131. The van der Waals surface area contributed by atoms with Crippen molar-refractivity contribution in [2.24, 2.45) is 0 Å². The summed E-state index contributed by atoms with van der Waals surface area (Å²) in [7, 11) is 172. The van der Waals surface area contributed by atoms with Crippen LogP contribution in [0, 0.1) is 0 Å². The van der Waals surface area contributed by atoms with Crippen molar-refractivity contribution in [3.63, 3.8) is 0 Å². The molecular formula is C3H8OS99. The normalized spacial score (nSPS) is 12.0. The molecule has 0 rings (SSSR count). The van der Waals surface area contributed by atoms with Gasteiger partial charge in [-0.3, -0.25) is 0 Å². The topological polar surface area (TPSA) is 9.23 Å². The van der Waals surface area contributed by atoms with Gasteiger partial charge >= 0.3 is 0 Å². The molecule has 0 saturated carbocycles. The average molecular weight is 3230 g/mol. The van der Waals surface area contributed by atoms with Crippen molar-refractivity contribution < 1.29 is 4.18 Å². The summed E-state index contributed by atoms with van der Waals surface area (Å²) in [5.74, 6) is 0. The Kier molecular flexibility index (Phi) is 174. The molecule has 0 aromatic heterocycles. The highest BCUT2D eigenvalue weighted by Crippen LogP contribution is 2.74. The Morgan fingerprint density at radius 2 is 0.252 bits per heavy atom. The van der Waals surface area contributed by atoms with Crippen LogP contribution in [0.15, 0.2) is 0 Å². The van der Waals surface area contributed by atoms with Gasteiger partial charge in [-0.2, -0.15) is 0 Å². The van der Waals surface area contributed by atoms with Crippen LogP contribution in [0.1, 0.15) is 13.3 Å². The maximum Gasteiger partial charge on any atom is 0.0820 e. The Labute approximate surface area is 969 Å². The Bertz CT molecular complexity index is 1540. The second-order valence-corrected chi connectivity index (χ2v) is 183. The standard InChI is InChI=1S/C3H8OS99/c1-2-3-4-103(6,7)102-101-100-99-98-97-96-95-94-93-92-91-90-89-88-87-86-85-84-83-82-81-80-79-78-77-76-75-74-73-72-71-70-69-68-67-66-65-64-63-62-61-60-59-58-57-56-55-54-53-52-51-50-49-48-47-46-45-44-43-42-41-40-39-38-37-36-35-34-33-32-31-30-29-28-27-26-25-24-23-22-21-20-19-18-17-16-15-14-13-12-11-10-9-8-5/h5H,2-3H2,1H3. The van der Waals surface area contributed by atoms with Gasteiger partial charge in [0.05, 0.1) is 13.1 Å². The number of hydrogen-bond donors (Lipinski definition) is 1. The summed E-state index contributed by atoms with van der Waals surface area (Å²) in [4.78, 5) is 0. The van der Waals surface area contributed by atoms with E-state index in [9.17, 15) is 0 Å². The Morgan fingerprint density at radius 1 is 0.165 bits per heavy atom. The third-order valence-electron chi connectivity index (χ3n) is 3.13. The lowest BCUT2D eigenvalue weighted by atomic mass is 10.5. The highest BCUT2D eigenvalue weighted by molar-refractivity contribution is 9.68. The fourth-order valence-electron chi connectivity index (χ4n) is 1.29. The molecule has 0 aliphatic heterocycles. The highest BCUT2D eigenvalue weighted by atomic mass is 34.2. The summed E-state index contributed by atoms with van der Waals surface area (Å²) >= 11 is 14.8. The minimum atomic E-state index is -1.83. The van der Waals surface area contributed by atoms with Gasteiger partial charge in [-0.1, -0.05) is 18.6 Å². The molecule has 0 bridgehead atoms. The van der Waals surface area contributed by atoms with Crippen molar-refractivity contribution in [1.82, 2.24) is 0 Å². The summed E-state index contributed by atoms with van der Waals surface area (Å²) in [6.45, 7) is 0.882.